The zero-order valence-corrected chi connectivity index (χ0v) is 13.0. The number of hydrogen-bond acceptors (Lipinski definition) is 3. The Morgan fingerprint density at radius 1 is 1.36 bits per heavy atom. The quantitative estimate of drug-likeness (QED) is 0.543. The van der Waals surface area contributed by atoms with Crippen molar-refractivity contribution in [1.29, 1.82) is 0 Å². The van der Waals surface area contributed by atoms with E-state index >= 15 is 0 Å². The molecule has 2 amide bonds. The molecule has 0 saturated carbocycles. The van der Waals surface area contributed by atoms with E-state index in [2.05, 4.69) is 22.5 Å². The highest BCUT2D eigenvalue weighted by molar-refractivity contribution is 5.94. The van der Waals surface area contributed by atoms with Crippen molar-refractivity contribution in [2.75, 3.05) is 13.6 Å². The van der Waals surface area contributed by atoms with Crippen LogP contribution in [0.3, 0.4) is 0 Å². The molecule has 1 aromatic carbocycles. The number of aliphatic hydroxyl groups excluding tert-OH is 1. The molecule has 0 fully saturated rings. The first kappa shape index (κ1) is 17.7. The third kappa shape index (κ3) is 6.91. The second kappa shape index (κ2) is 9.59. The van der Waals surface area contributed by atoms with Gasteiger partial charge in [-0.15, -0.1) is 0 Å². The lowest BCUT2D eigenvalue weighted by Gasteiger charge is -2.07. The summed E-state index contributed by atoms with van der Waals surface area (Å²) in [5.74, 6) is 5.76. The number of hydrogen-bond donors (Lipinski definition) is 3. The van der Waals surface area contributed by atoms with Gasteiger partial charge in [-0.1, -0.05) is 17.9 Å². The molecule has 1 aromatic rings. The van der Waals surface area contributed by atoms with Crippen molar-refractivity contribution in [3.8, 4) is 11.8 Å². The van der Waals surface area contributed by atoms with Crippen LogP contribution in [0.2, 0.25) is 0 Å². The monoisotopic (exact) mass is 302 g/mol. The van der Waals surface area contributed by atoms with Crippen molar-refractivity contribution in [3.63, 3.8) is 0 Å². The van der Waals surface area contributed by atoms with Crippen LogP contribution in [0.4, 0.5) is 0 Å². The molecule has 0 bridgehead atoms. The van der Waals surface area contributed by atoms with Crippen molar-refractivity contribution in [1.82, 2.24) is 10.6 Å². The van der Waals surface area contributed by atoms with Crippen LogP contribution in [-0.4, -0.2) is 36.6 Å². The molecule has 0 saturated heterocycles. The largest absolute Gasteiger partial charge is 0.392 e. The molecule has 1 atom stereocenters. The van der Waals surface area contributed by atoms with Crippen LogP contribution in [0.1, 0.15) is 42.1 Å². The van der Waals surface area contributed by atoms with E-state index in [0.29, 0.717) is 24.8 Å². The number of nitrogens with one attached hydrogen (secondary N) is 2. The lowest BCUT2D eigenvalue weighted by molar-refractivity contribution is -0.120. The summed E-state index contributed by atoms with van der Waals surface area (Å²) in [6, 6.07) is 7.01. The van der Waals surface area contributed by atoms with Gasteiger partial charge in [-0.2, -0.15) is 0 Å². The molecule has 1 unspecified atom stereocenters. The molecule has 0 aromatic heterocycles. The predicted octanol–water partition coefficient (Wildman–Crippen LogP) is 1.06. The lowest BCUT2D eigenvalue weighted by atomic mass is 10.1. The van der Waals surface area contributed by atoms with E-state index < -0.39 is 6.10 Å². The normalized spacial score (nSPS) is 11.0. The summed E-state index contributed by atoms with van der Waals surface area (Å²) in [5, 5.41) is 14.4. The highest BCUT2D eigenvalue weighted by Gasteiger charge is 2.06. The standard InChI is InChI=1S/C17H22N2O3/c1-13(20)12-19-17(22)15-9-6-8-14(11-15)7-4-3-5-10-16(21)18-2/h6,8-9,11,13,20H,3,5,10,12H2,1-2H3,(H,18,21)(H,19,22). The SMILES string of the molecule is CNC(=O)CCCC#Cc1cccc(C(=O)NCC(C)O)c1. The van der Waals surface area contributed by atoms with E-state index in [9.17, 15) is 9.59 Å². The van der Waals surface area contributed by atoms with Crippen molar-refractivity contribution >= 4 is 11.8 Å². The first-order chi connectivity index (χ1) is 10.5. The Hall–Kier alpha value is -2.32. The molecule has 0 aliphatic rings. The first-order valence-corrected chi connectivity index (χ1v) is 7.28. The minimum atomic E-state index is -0.577. The maximum Gasteiger partial charge on any atom is 0.251 e. The lowest BCUT2D eigenvalue weighted by Crippen LogP contribution is -2.30. The predicted molar refractivity (Wildman–Crippen MR) is 85.3 cm³/mol. The van der Waals surface area contributed by atoms with Gasteiger partial charge in [-0.25, -0.2) is 0 Å². The van der Waals surface area contributed by atoms with Crippen LogP contribution in [0.25, 0.3) is 0 Å². The summed E-state index contributed by atoms with van der Waals surface area (Å²) in [6.45, 7) is 1.83. The zero-order valence-electron chi connectivity index (χ0n) is 13.0. The summed E-state index contributed by atoms with van der Waals surface area (Å²) >= 11 is 0. The van der Waals surface area contributed by atoms with Gasteiger partial charge >= 0.3 is 0 Å². The van der Waals surface area contributed by atoms with Gasteiger partial charge in [0, 0.05) is 37.6 Å². The Morgan fingerprint density at radius 3 is 2.82 bits per heavy atom. The van der Waals surface area contributed by atoms with Gasteiger partial charge in [0.1, 0.15) is 0 Å². The molecule has 0 aliphatic heterocycles. The van der Waals surface area contributed by atoms with Gasteiger partial charge in [0.15, 0.2) is 0 Å². The number of carbonyl (C=O) groups is 2. The molecule has 22 heavy (non-hydrogen) atoms. The maximum atomic E-state index is 11.9. The van der Waals surface area contributed by atoms with Crippen LogP contribution >= 0.6 is 0 Å². The van der Waals surface area contributed by atoms with Crippen molar-refractivity contribution in [2.24, 2.45) is 0 Å². The molecule has 118 valence electrons. The second-order valence-electron chi connectivity index (χ2n) is 4.97. The third-order valence-corrected chi connectivity index (χ3v) is 2.90. The Bertz CT molecular complexity index is 571. The van der Waals surface area contributed by atoms with Crippen molar-refractivity contribution in [3.05, 3.63) is 35.4 Å². The van der Waals surface area contributed by atoms with E-state index in [0.717, 1.165) is 5.56 Å². The third-order valence-electron chi connectivity index (χ3n) is 2.90. The fourth-order valence-corrected chi connectivity index (χ4v) is 1.71. The summed E-state index contributed by atoms with van der Waals surface area (Å²) in [7, 11) is 1.61. The number of carbonyl (C=O) groups excluding carboxylic acids is 2. The van der Waals surface area contributed by atoms with Crippen molar-refractivity contribution < 1.29 is 14.7 Å². The molecule has 0 aliphatic carbocycles. The van der Waals surface area contributed by atoms with E-state index in [1.807, 2.05) is 6.07 Å². The molecule has 0 spiro atoms. The minimum Gasteiger partial charge on any atom is -0.392 e. The average molecular weight is 302 g/mol. The van der Waals surface area contributed by atoms with E-state index in [1.165, 1.54) is 0 Å². The second-order valence-corrected chi connectivity index (χ2v) is 4.97. The average Bonchev–Trinajstić information content (AvgIpc) is 2.52. The molecule has 5 nitrogen and oxygen atoms in total. The molecule has 3 N–H and O–H groups in total. The fraction of sp³-hybridized carbons (Fsp3) is 0.412. The molecule has 5 heteroatoms. The van der Waals surface area contributed by atoms with Gasteiger partial charge < -0.3 is 15.7 Å². The van der Waals surface area contributed by atoms with Crippen LogP contribution in [0.5, 0.6) is 0 Å². The van der Waals surface area contributed by atoms with Crippen LogP contribution in [0.15, 0.2) is 24.3 Å². The van der Waals surface area contributed by atoms with Gasteiger partial charge in [0.05, 0.1) is 6.10 Å². The number of benzene rings is 1. The number of aliphatic hydroxyl groups is 1. The van der Waals surface area contributed by atoms with E-state index in [-0.39, 0.29) is 18.4 Å². The van der Waals surface area contributed by atoms with Crippen molar-refractivity contribution in [2.45, 2.75) is 32.3 Å². The zero-order chi connectivity index (χ0) is 16.4. The number of amides is 2. The number of unbranched alkanes of at least 4 members (excludes halogenated alkanes) is 1. The highest BCUT2D eigenvalue weighted by atomic mass is 16.3. The molecule has 1 rings (SSSR count). The summed E-state index contributed by atoms with van der Waals surface area (Å²) in [4.78, 5) is 22.9. The van der Waals surface area contributed by atoms with Crippen LogP contribution in [0, 0.1) is 11.8 Å². The minimum absolute atomic E-state index is 0.0126. The van der Waals surface area contributed by atoms with E-state index in [4.69, 9.17) is 5.11 Å². The van der Waals surface area contributed by atoms with Gasteiger partial charge in [-0.05, 0) is 31.5 Å². The number of rotatable bonds is 6. The molecular formula is C17H22N2O3. The summed E-state index contributed by atoms with van der Waals surface area (Å²) in [6.07, 6.45) is 1.23. The molecule has 0 radical (unpaired) electrons. The topological polar surface area (TPSA) is 78.4 Å². The Morgan fingerprint density at radius 2 is 2.14 bits per heavy atom. The first-order valence-electron chi connectivity index (χ1n) is 7.28. The molecular weight excluding hydrogens is 280 g/mol. The molecule has 0 heterocycles. The highest BCUT2D eigenvalue weighted by Crippen LogP contribution is 2.04. The summed E-state index contributed by atoms with van der Waals surface area (Å²) in [5.41, 5.74) is 1.27. The Balaban J connectivity index is 2.54. The Labute approximate surface area is 131 Å². The van der Waals surface area contributed by atoms with E-state index in [1.54, 1.807) is 32.2 Å². The van der Waals surface area contributed by atoms with Crippen LogP contribution < -0.4 is 10.6 Å². The Kier molecular flexibility index (Phi) is 7.73. The maximum absolute atomic E-state index is 11.9. The van der Waals surface area contributed by atoms with Crippen LogP contribution in [-0.2, 0) is 4.79 Å². The van der Waals surface area contributed by atoms with Gasteiger partial charge in [-0.3, -0.25) is 9.59 Å². The summed E-state index contributed by atoms with van der Waals surface area (Å²) < 4.78 is 0. The van der Waals surface area contributed by atoms with Gasteiger partial charge in [0.25, 0.3) is 5.91 Å². The smallest absolute Gasteiger partial charge is 0.251 e. The van der Waals surface area contributed by atoms with Gasteiger partial charge in [0.2, 0.25) is 5.91 Å². The fourth-order valence-electron chi connectivity index (χ4n) is 1.71.